The molecule has 0 amide bonds. The molecule has 23 heavy (non-hydrogen) atoms. The highest BCUT2D eigenvalue weighted by molar-refractivity contribution is 7.91. The average Bonchev–Trinajstić information content (AvgIpc) is 2.49. The first-order valence-electron chi connectivity index (χ1n) is 8.94. The Labute approximate surface area is 142 Å². The van der Waals surface area contributed by atoms with Crippen LogP contribution in [0.1, 0.15) is 47.0 Å². The van der Waals surface area contributed by atoms with Crippen LogP contribution in [0.15, 0.2) is 0 Å². The molecular formula is C17H35NO4S. The zero-order chi connectivity index (χ0) is 17.3. The summed E-state index contributed by atoms with van der Waals surface area (Å²) in [4.78, 5) is 2.23. The number of nitrogens with zero attached hydrogens (tertiary/aromatic N) is 1. The van der Waals surface area contributed by atoms with E-state index in [0.29, 0.717) is 23.3 Å². The fraction of sp³-hybridized carbons (Fsp3) is 1.00. The molecule has 2 heterocycles. The molecule has 2 rings (SSSR count). The third kappa shape index (κ3) is 10.3. The van der Waals surface area contributed by atoms with E-state index in [1.165, 1.54) is 12.8 Å². The van der Waals surface area contributed by atoms with Gasteiger partial charge in [-0.05, 0) is 31.1 Å². The molecule has 0 aromatic rings. The Kier molecular flexibility index (Phi) is 9.66. The molecule has 0 aliphatic carbocycles. The van der Waals surface area contributed by atoms with Crippen molar-refractivity contribution in [1.82, 2.24) is 4.90 Å². The van der Waals surface area contributed by atoms with Gasteiger partial charge in [-0.1, -0.05) is 27.7 Å². The minimum atomic E-state index is -2.69. The third-order valence-electron chi connectivity index (χ3n) is 3.81. The van der Waals surface area contributed by atoms with Gasteiger partial charge in [0.1, 0.15) is 0 Å². The van der Waals surface area contributed by atoms with Crippen LogP contribution in [0.2, 0.25) is 0 Å². The van der Waals surface area contributed by atoms with Crippen LogP contribution in [0.25, 0.3) is 0 Å². The first-order valence-corrected chi connectivity index (χ1v) is 10.8. The molecule has 0 bridgehead atoms. The first kappa shape index (κ1) is 20.9. The van der Waals surface area contributed by atoms with Crippen LogP contribution >= 0.6 is 0 Å². The monoisotopic (exact) mass is 349 g/mol. The largest absolute Gasteiger partial charge is 0.353 e. The Hall–Kier alpha value is -0.170. The van der Waals surface area contributed by atoms with Crippen LogP contribution in [0.3, 0.4) is 0 Å². The maximum atomic E-state index is 11.1. The van der Waals surface area contributed by atoms with Gasteiger partial charge in [0.25, 0.3) is 0 Å². The van der Waals surface area contributed by atoms with Crippen molar-refractivity contribution in [3.63, 3.8) is 0 Å². The lowest BCUT2D eigenvalue weighted by atomic mass is 10.2. The quantitative estimate of drug-likeness (QED) is 0.763. The van der Waals surface area contributed by atoms with Gasteiger partial charge >= 0.3 is 0 Å². The van der Waals surface area contributed by atoms with Crippen molar-refractivity contribution in [2.24, 2.45) is 11.8 Å². The Morgan fingerprint density at radius 3 is 2.22 bits per heavy atom. The van der Waals surface area contributed by atoms with Gasteiger partial charge in [-0.2, -0.15) is 0 Å². The van der Waals surface area contributed by atoms with E-state index < -0.39 is 9.84 Å². The van der Waals surface area contributed by atoms with Crippen molar-refractivity contribution in [2.45, 2.75) is 53.2 Å². The summed E-state index contributed by atoms with van der Waals surface area (Å²) in [6, 6.07) is 0. The van der Waals surface area contributed by atoms with E-state index >= 15 is 0 Å². The number of hydrogen-bond donors (Lipinski definition) is 0. The Balaban J connectivity index is 0.000000231. The van der Waals surface area contributed by atoms with Gasteiger partial charge in [-0.3, -0.25) is 0 Å². The molecule has 2 aliphatic rings. The first-order chi connectivity index (χ1) is 10.8. The van der Waals surface area contributed by atoms with Gasteiger partial charge in [0.15, 0.2) is 16.1 Å². The Morgan fingerprint density at radius 2 is 1.74 bits per heavy atom. The summed E-state index contributed by atoms with van der Waals surface area (Å²) in [6.45, 7) is 12.8. The topological polar surface area (TPSA) is 55.8 Å². The van der Waals surface area contributed by atoms with Gasteiger partial charge < -0.3 is 14.4 Å². The summed E-state index contributed by atoms with van der Waals surface area (Å²) in [5.74, 6) is 1.94. The Bertz CT molecular complexity index is 389. The molecule has 138 valence electrons. The van der Waals surface area contributed by atoms with E-state index in [1.807, 2.05) is 0 Å². The van der Waals surface area contributed by atoms with E-state index in [2.05, 4.69) is 32.6 Å². The zero-order valence-corrected chi connectivity index (χ0v) is 16.1. The molecule has 0 saturated carbocycles. The van der Waals surface area contributed by atoms with Crippen molar-refractivity contribution in [3.8, 4) is 0 Å². The fourth-order valence-corrected chi connectivity index (χ4v) is 3.87. The van der Waals surface area contributed by atoms with Crippen LogP contribution in [0.5, 0.6) is 0 Å². The number of sulfone groups is 1. The smallest absolute Gasteiger partial charge is 0.157 e. The summed E-state index contributed by atoms with van der Waals surface area (Å²) in [7, 11) is -2.69. The molecule has 2 aliphatic heterocycles. The van der Waals surface area contributed by atoms with Crippen molar-refractivity contribution < 1.29 is 17.9 Å². The highest BCUT2D eigenvalue weighted by Crippen LogP contribution is 2.14. The number of ether oxygens (including phenoxy) is 2. The maximum Gasteiger partial charge on any atom is 0.157 e. The van der Waals surface area contributed by atoms with Gasteiger partial charge in [0.2, 0.25) is 0 Å². The molecule has 0 spiro atoms. The lowest BCUT2D eigenvalue weighted by molar-refractivity contribution is -0.167. The van der Waals surface area contributed by atoms with Gasteiger partial charge in [-0.15, -0.1) is 0 Å². The highest BCUT2D eigenvalue weighted by atomic mass is 32.2. The van der Waals surface area contributed by atoms with Crippen molar-refractivity contribution in [3.05, 3.63) is 0 Å². The zero-order valence-electron chi connectivity index (χ0n) is 15.3. The fourth-order valence-electron chi connectivity index (χ4n) is 2.59. The van der Waals surface area contributed by atoms with Crippen LogP contribution in [0, 0.1) is 11.8 Å². The van der Waals surface area contributed by atoms with Crippen molar-refractivity contribution in [2.75, 3.05) is 44.4 Å². The normalized spacial score (nSPS) is 25.2. The molecule has 0 radical (unpaired) electrons. The van der Waals surface area contributed by atoms with Crippen LogP contribution in [0.4, 0.5) is 0 Å². The summed E-state index contributed by atoms with van der Waals surface area (Å²) in [5.41, 5.74) is 0. The van der Waals surface area contributed by atoms with Gasteiger partial charge in [-0.25, -0.2) is 8.42 Å². The van der Waals surface area contributed by atoms with E-state index in [0.717, 1.165) is 39.3 Å². The van der Waals surface area contributed by atoms with Crippen LogP contribution in [-0.2, 0) is 19.3 Å². The van der Waals surface area contributed by atoms with E-state index in [9.17, 15) is 8.42 Å². The van der Waals surface area contributed by atoms with Crippen LogP contribution < -0.4 is 0 Å². The lowest BCUT2D eigenvalue weighted by Crippen LogP contribution is -2.41. The third-order valence-corrected chi connectivity index (χ3v) is 5.42. The summed E-state index contributed by atoms with van der Waals surface area (Å²) < 4.78 is 33.0. The average molecular weight is 350 g/mol. The molecule has 2 fully saturated rings. The maximum absolute atomic E-state index is 11.1. The standard InChI is InChI=1S/C9H18O2.C8H17NO2S/c1-8(2)7-11-9-5-3-4-6-10-9;1-8(2)7-9-3-5-12(10,11)6-4-9/h8-9H,3-7H2,1-2H3;8H,3-7H2,1-2H3. The summed E-state index contributed by atoms with van der Waals surface area (Å²) in [5, 5.41) is 0. The molecular weight excluding hydrogens is 314 g/mol. The lowest BCUT2D eigenvalue weighted by Gasteiger charge is -2.27. The van der Waals surface area contributed by atoms with E-state index in [-0.39, 0.29) is 6.29 Å². The van der Waals surface area contributed by atoms with Gasteiger partial charge in [0, 0.05) is 26.2 Å². The molecule has 1 unspecified atom stereocenters. The minimum Gasteiger partial charge on any atom is -0.353 e. The minimum absolute atomic E-state index is 0.0890. The van der Waals surface area contributed by atoms with Crippen molar-refractivity contribution in [1.29, 1.82) is 0 Å². The number of hydrogen-bond acceptors (Lipinski definition) is 5. The Morgan fingerprint density at radius 1 is 1.09 bits per heavy atom. The van der Waals surface area contributed by atoms with Gasteiger partial charge in [0.05, 0.1) is 18.1 Å². The second-order valence-corrected chi connectivity index (χ2v) is 9.67. The molecule has 2 saturated heterocycles. The second kappa shape index (κ2) is 10.6. The molecule has 6 heteroatoms. The molecule has 0 aromatic carbocycles. The molecule has 5 nitrogen and oxygen atoms in total. The second-order valence-electron chi connectivity index (χ2n) is 7.37. The highest BCUT2D eigenvalue weighted by Gasteiger charge is 2.21. The van der Waals surface area contributed by atoms with E-state index in [4.69, 9.17) is 9.47 Å². The predicted octanol–water partition coefficient (Wildman–Crippen LogP) is 2.56. The SMILES string of the molecule is CC(C)CN1CCS(=O)(=O)CC1.CC(C)COC1CCCCO1. The van der Waals surface area contributed by atoms with Crippen LogP contribution in [-0.4, -0.2) is 64.0 Å². The molecule has 0 N–H and O–H groups in total. The van der Waals surface area contributed by atoms with E-state index in [1.54, 1.807) is 0 Å². The van der Waals surface area contributed by atoms with Crippen molar-refractivity contribution >= 4 is 9.84 Å². The molecule has 1 atom stereocenters. The predicted molar refractivity (Wildman–Crippen MR) is 94.3 cm³/mol. The molecule has 0 aromatic heterocycles. The number of rotatable bonds is 5. The summed E-state index contributed by atoms with van der Waals surface area (Å²) >= 11 is 0. The summed E-state index contributed by atoms with van der Waals surface area (Å²) in [6.07, 6.45) is 3.61.